The summed E-state index contributed by atoms with van der Waals surface area (Å²) >= 11 is 0. The van der Waals surface area contributed by atoms with E-state index in [2.05, 4.69) is 26.9 Å². The van der Waals surface area contributed by atoms with Crippen molar-refractivity contribution >= 4 is 28.5 Å². The van der Waals surface area contributed by atoms with Crippen LogP contribution in [-0.4, -0.2) is 49.1 Å². The van der Waals surface area contributed by atoms with E-state index in [0.29, 0.717) is 25.2 Å². The first-order valence-corrected chi connectivity index (χ1v) is 11.0. The summed E-state index contributed by atoms with van der Waals surface area (Å²) in [5, 5.41) is 7.39. The molecule has 4 rings (SSSR count). The van der Waals surface area contributed by atoms with E-state index in [-0.39, 0.29) is 23.8 Å². The van der Waals surface area contributed by atoms with E-state index < -0.39 is 0 Å². The molecular weight excluding hydrogens is 392 g/mol. The smallest absolute Gasteiger partial charge is 0.274 e. The Labute approximate surface area is 182 Å². The minimum absolute atomic E-state index is 0.0299. The Hall–Kier alpha value is -3.16. The molecule has 2 amide bonds. The molecule has 3 aromatic rings. The van der Waals surface area contributed by atoms with Gasteiger partial charge in [-0.3, -0.25) is 14.3 Å². The van der Waals surface area contributed by atoms with Crippen LogP contribution in [0.2, 0.25) is 0 Å². The van der Waals surface area contributed by atoms with Crippen molar-refractivity contribution in [3.8, 4) is 0 Å². The van der Waals surface area contributed by atoms with Crippen LogP contribution in [0.5, 0.6) is 0 Å². The summed E-state index contributed by atoms with van der Waals surface area (Å²) in [6.45, 7) is 8.29. The van der Waals surface area contributed by atoms with Gasteiger partial charge in [-0.15, -0.1) is 0 Å². The number of hydrogen-bond acceptors (Lipinski definition) is 4. The van der Waals surface area contributed by atoms with Gasteiger partial charge in [0.25, 0.3) is 5.91 Å². The molecule has 1 aliphatic heterocycles. The third kappa shape index (κ3) is 4.62. The van der Waals surface area contributed by atoms with Gasteiger partial charge >= 0.3 is 0 Å². The van der Waals surface area contributed by atoms with Crippen molar-refractivity contribution in [3.63, 3.8) is 0 Å². The van der Waals surface area contributed by atoms with Gasteiger partial charge in [-0.1, -0.05) is 0 Å². The van der Waals surface area contributed by atoms with Crippen LogP contribution in [0.25, 0.3) is 11.0 Å². The summed E-state index contributed by atoms with van der Waals surface area (Å²) in [7, 11) is 0. The first-order chi connectivity index (χ1) is 14.9. The van der Waals surface area contributed by atoms with Gasteiger partial charge in [0.2, 0.25) is 5.91 Å². The number of aryl methyl sites for hydroxylation is 1. The highest BCUT2D eigenvalue weighted by Gasteiger charge is 2.27. The normalized spacial score (nSPS) is 16.8. The number of hydrogen-bond donors (Lipinski definition) is 1. The Balaban J connectivity index is 1.35. The number of likely N-dealkylation sites (tertiary alicyclic amines) is 1. The Morgan fingerprint density at radius 2 is 2.10 bits per heavy atom. The minimum atomic E-state index is -0.0542. The number of nitrogens with one attached hydrogen (secondary N) is 1. The summed E-state index contributed by atoms with van der Waals surface area (Å²) in [6, 6.07) is 7.79. The van der Waals surface area contributed by atoms with Crippen LogP contribution in [0.15, 0.2) is 36.8 Å². The maximum atomic E-state index is 12.8. The number of carbonyl (C=O) groups excluding carboxylic acids is 2. The molecule has 1 saturated heterocycles. The zero-order valence-corrected chi connectivity index (χ0v) is 18.4. The molecule has 2 aromatic heterocycles. The zero-order chi connectivity index (χ0) is 22.0. The predicted octanol–water partition coefficient (Wildman–Crippen LogP) is 3.71. The quantitative estimate of drug-likeness (QED) is 0.656. The second kappa shape index (κ2) is 8.91. The van der Waals surface area contributed by atoms with Crippen molar-refractivity contribution in [1.29, 1.82) is 0 Å². The number of imidazole rings is 1. The van der Waals surface area contributed by atoms with E-state index in [1.54, 1.807) is 10.7 Å². The van der Waals surface area contributed by atoms with E-state index in [9.17, 15) is 9.59 Å². The molecule has 3 heterocycles. The Morgan fingerprint density at radius 1 is 1.26 bits per heavy atom. The van der Waals surface area contributed by atoms with Crippen molar-refractivity contribution in [3.05, 3.63) is 42.5 Å². The maximum Gasteiger partial charge on any atom is 0.274 e. The highest BCUT2D eigenvalue weighted by molar-refractivity contribution is 5.94. The van der Waals surface area contributed by atoms with Gasteiger partial charge in [-0.05, 0) is 63.8 Å². The average molecular weight is 423 g/mol. The Kier molecular flexibility index (Phi) is 6.06. The van der Waals surface area contributed by atoms with Gasteiger partial charge in [-0.25, -0.2) is 4.98 Å². The molecule has 0 aliphatic carbocycles. The third-order valence-electron chi connectivity index (χ3n) is 5.88. The average Bonchev–Trinajstić information content (AvgIpc) is 3.40. The van der Waals surface area contributed by atoms with Crippen molar-refractivity contribution in [2.45, 2.75) is 52.6 Å². The highest BCUT2D eigenvalue weighted by atomic mass is 16.2. The van der Waals surface area contributed by atoms with Crippen molar-refractivity contribution in [2.24, 2.45) is 5.92 Å². The molecule has 1 aromatic carbocycles. The van der Waals surface area contributed by atoms with Crippen LogP contribution in [0, 0.1) is 5.92 Å². The molecule has 0 saturated carbocycles. The lowest BCUT2D eigenvalue weighted by molar-refractivity contribution is -0.117. The van der Waals surface area contributed by atoms with Crippen LogP contribution in [-0.2, 0) is 11.3 Å². The molecule has 164 valence electrons. The zero-order valence-electron chi connectivity index (χ0n) is 18.4. The van der Waals surface area contributed by atoms with Gasteiger partial charge in [0.05, 0.1) is 17.4 Å². The maximum absolute atomic E-state index is 12.8. The lowest BCUT2D eigenvalue weighted by atomic mass is 9.94. The van der Waals surface area contributed by atoms with E-state index in [0.717, 1.165) is 36.1 Å². The van der Waals surface area contributed by atoms with Crippen LogP contribution in [0.1, 0.15) is 56.6 Å². The van der Waals surface area contributed by atoms with Gasteiger partial charge in [-0.2, -0.15) is 5.10 Å². The number of anilines is 1. The molecule has 1 atom stereocenters. The monoisotopic (exact) mass is 422 g/mol. The molecule has 8 nitrogen and oxygen atoms in total. The Bertz CT molecular complexity index is 1080. The highest BCUT2D eigenvalue weighted by Crippen LogP contribution is 2.23. The summed E-state index contributed by atoms with van der Waals surface area (Å²) in [4.78, 5) is 31.7. The van der Waals surface area contributed by atoms with E-state index in [1.165, 1.54) is 0 Å². The summed E-state index contributed by atoms with van der Waals surface area (Å²) < 4.78 is 3.86. The topological polar surface area (TPSA) is 85.0 Å². The van der Waals surface area contributed by atoms with Gasteiger partial charge in [0, 0.05) is 44.0 Å². The second-order valence-electron chi connectivity index (χ2n) is 8.52. The van der Waals surface area contributed by atoms with Crippen LogP contribution in [0.4, 0.5) is 5.69 Å². The van der Waals surface area contributed by atoms with Crippen LogP contribution in [0.3, 0.4) is 0 Å². The fourth-order valence-electron chi connectivity index (χ4n) is 4.19. The molecule has 1 N–H and O–H groups in total. The molecule has 0 spiro atoms. The number of piperidine rings is 1. The molecule has 0 radical (unpaired) electrons. The molecule has 1 fully saturated rings. The van der Waals surface area contributed by atoms with Crippen molar-refractivity contribution in [1.82, 2.24) is 24.2 Å². The standard InChI is InChI=1S/C23H30N6O2/c1-4-27-15-24-20-13-18(7-8-21(20)27)25-22(30)12-17-6-5-10-28(14-17)23(31)19-9-11-29(26-19)16(2)3/h7-9,11,13,15-17H,4-6,10,12,14H2,1-3H3,(H,25,30)/t17-/m1/s1. The SMILES string of the molecule is CCn1cnc2cc(NC(=O)C[C@H]3CCCN(C(=O)c4ccn(C(C)C)n4)C3)ccc21. The van der Waals surface area contributed by atoms with Gasteiger partial charge in [0.15, 0.2) is 0 Å². The minimum Gasteiger partial charge on any atom is -0.337 e. The largest absolute Gasteiger partial charge is 0.337 e. The lowest BCUT2D eigenvalue weighted by Gasteiger charge is -2.32. The summed E-state index contributed by atoms with van der Waals surface area (Å²) in [6.07, 6.45) is 5.89. The molecule has 31 heavy (non-hydrogen) atoms. The number of fused-ring (bicyclic) bond motifs is 1. The number of benzene rings is 1. The predicted molar refractivity (Wildman–Crippen MR) is 120 cm³/mol. The van der Waals surface area contributed by atoms with Gasteiger partial charge < -0.3 is 14.8 Å². The van der Waals surface area contributed by atoms with E-state index in [1.807, 2.05) is 49.5 Å². The molecular formula is C23H30N6O2. The van der Waals surface area contributed by atoms with Gasteiger partial charge in [0.1, 0.15) is 5.69 Å². The van der Waals surface area contributed by atoms with Crippen LogP contribution < -0.4 is 5.32 Å². The number of rotatable bonds is 6. The molecule has 8 heteroatoms. The number of amides is 2. The van der Waals surface area contributed by atoms with E-state index in [4.69, 9.17) is 0 Å². The molecule has 0 unspecified atom stereocenters. The summed E-state index contributed by atoms with van der Waals surface area (Å²) in [5.74, 6) is 0.0621. The number of carbonyl (C=O) groups is 2. The van der Waals surface area contributed by atoms with Crippen LogP contribution >= 0.6 is 0 Å². The summed E-state index contributed by atoms with van der Waals surface area (Å²) in [5.41, 5.74) is 3.15. The first kappa shape index (κ1) is 21.1. The first-order valence-electron chi connectivity index (χ1n) is 11.0. The second-order valence-corrected chi connectivity index (χ2v) is 8.52. The number of aromatic nitrogens is 4. The number of nitrogens with zero attached hydrogens (tertiary/aromatic N) is 5. The third-order valence-corrected chi connectivity index (χ3v) is 5.88. The van der Waals surface area contributed by atoms with Crippen molar-refractivity contribution < 1.29 is 9.59 Å². The fourth-order valence-corrected chi connectivity index (χ4v) is 4.19. The van der Waals surface area contributed by atoms with E-state index >= 15 is 0 Å². The van der Waals surface area contributed by atoms with Crippen molar-refractivity contribution in [2.75, 3.05) is 18.4 Å². The Morgan fingerprint density at radius 3 is 2.84 bits per heavy atom. The fraction of sp³-hybridized carbons (Fsp3) is 0.478. The molecule has 0 bridgehead atoms. The molecule has 1 aliphatic rings. The lowest BCUT2D eigenvalue weighted by Crippen LogP contribution is -2.41.